The molecular weight excluding hydrogens is 443 g/mol. The Labute approximate surface area is 181 Å². The average Bonchev–Trinajstić information content (AvgIpc) is 3.21. The summed E-state index contributed by atoms with van der Waals surface area (Å²) < 4.78 is 42.6. The van der Waals surface area contributed by atoms with Gasteiger partial charge in [0.1, 0.15) is 24.2 Å². The van der Waals surface area contributed by atoms with Gasteiger partial charge in [-0.05, 0) is 30.3 Å². The zero-order valence-electron chi connectivity index (χ0n) is 15.6. The fourth-order valence-corrected chi connectivity index (χ4v) is 4.45. The Morgan fingerprint density at radius 2 is 2.03 bits per heavy atom. The van der Waals surface area contributed by atoms with Gasteiger partial charge in [-0.15, -0.1) is 0 Å². The molecule has 2 aromatic rings. The molecule has 2 heterocycles. The summed E-state index contributed by atoms with van der Waals surface area (Å²) in [6, 6.07) is 7.94. The first-order valence-electron chi connectivity index (χ1n) is 8.88. The van der Waals surface area contributed by atoms with Crippen molar-refractivity contribution in [3.05, 3.63) is 47.4 Å². The van der Waals surface area contributed by atoms with Crippen molar-refractivity contribution in [3.8, 4) is 5.75 Å². The molecule has 1 saturated heterocycles. The molecule has 1 aliphatic rings. The van der Waals surface area contributed by atoms with E-state index in [1.165, 1.54) is 22.5 Å². The van der Waals surface area contributed by atoms with Gasteiger partial charge in [0.2, 0.25) is 10.0 Å². The number of benzene rings is 1. The van der Waals surface area contributed by atoms with Crippen molar-refractivity contribution in [1.29, 1.82) is 0 Å². The summed E-state index contributed by atoms with van der Waals surface area (Å²) in [5, 5.41) is 13.2. The highest BCUT2D eigenvalue weighted by molar-refractivity contribution is 7.89. The van der Waals surface area contributed by atoms with E-state index in [1.54, 1.807) is 12.3 Å². The largest absolute Gasteiger partial charge is 1.00 e. The smallest absolute Gasteiger partial charge is 0.243 e. The fourth-order valence-electron chi connectivity index (χ4n) is 2.72. The number of nitrogens with zero attached hydrogens (tertiary/aromatic N) is 1. The number of morpholine rings is 1. The molecule has 2 N–H and O–H groups in total. The van der Waals surface area contributed by atoms with Gasteiger partial charge in [-0.1, -0.05) is 11.6 Å². The van der Waals surface area contributed by atoms with Crippen LogP contribution in [-0.2, 0) is 21.3 Å². The van der Waals surface area contributed by atoms with Crippen molar-refractivity contribution in [2.75, 3.05) is 39.5 Å². The number of aliphatic hydroxyl groups excluding tert-OH is 1. The highest BCUT2D eigenvalue weighted by atomic mass is 35.5. The number of halogens is 2. The number of nitrogens with one attached hydrogen (secondary N) is 1. The Morgan fingerprint density at radius 1 is 1.28 bits per heavy atom. The third-order valence-corrected chi connectivity index (χ3v) is 6.39. The molecule has 0 spiro atoms. The summed E-state index contributed by atoms with van der Waals surface area (Å²) >= 11 is 6.19. The summed E-state index contributed by atoms with van der Waals surface area (Å²) in [5.74, 6) is 1.08. The molecule has 1 aliphatic heterocycles. The van der Waals surface area contributed by atoms with Gasteiger partial charge in [-0.3, -0.25) is 0 Å². The number of aliphatic hydroxyl groups is 1. The topological polar surface area (TPSA) is 101 Å². The minimum Gasteiger partial charge on any atom is -1.00 e. The van der Waals surface area contributed by atoms with Crippen LogP contribution >= 0.6 is 11.6 Å². The second kappa shape index (κ2) is 11.2. The molecule has 162 valence electrons. The Bertz CT molecular complexity index is 857. The normalized spacial score (nSPS) is 16.2. The second-order valence-corrected chi connectivity index (χ2v) is 8.63. The number of ether oxygens (including phenoxy) is 2. The minimum absolute atomic E-state index is 0. The highest BCUT2D eigenvalue weighted by Gasteiger charge is 2.27. The molecule has 29 heavy (non-hydrogen) atoms. The van der Waals surface area contributed by atoms with Crippen molar-refractivity contribution in [2.24, 2.45) is 0 Å². The van der Waals surface area contributed by atoms with Crippen LogP contribution in [0.5, 0.6) is 5.75 Å². The Morgan fingerprint density at radius 3 is 2.69 bits per heavy atom. The van der Waals surface area contributed by atoms with E-state index in [1.807, 2.05) is 6.07 Å². The second-order valence-electron chi connectivity index (χ2n) is 6.28. The molecule has 3 rings (SSSR count). The molecule has 1 unspecified atom stereocenters. The summed E-state index contributed by atoms with van der Waals surface area (Å²) in [5.41, 5.74) is 0. The zero-order chi connectivity index (χ0) is 20.0. The van der Waals surface area contributed by atoms with Gasteiger partial charge >= 0.3 is 0 Å². The first-order chi connectivity index (χ1) is 13.5. The lowest BCUT2D eigenvalue weighted by Gasteiger charge is -2.26. The molecule has 1 atom stereocenters. The summed E-state index contributed by atoms with van der Waals surface area (Å²) in [6.45, 7) is 2.20. The van der Waals surface area contributed by atoms with E-state index >= 15 is 0 Å². The van der Waals surface area contributed by atoms with E-state index < -0.39 is 16.1 Å². The van der Waals surface area contributed by atoms with Crippen LogP contribution in [-0.4, -0.2) is 63.4 Å². The van der Waals surface area contributed by atoms with Crippen molar-refractivity contribution in [3.63, 3.8) is 0 Å². The van der Waals surface area contributed by atoms with Crippen LogP contribution in [0.3, 0.4) is 0 Å². The molecule has 0 radical (unpaired) electrons. The van der Waals surface area contributed by atoms with Crippen LogP contribution in [0.15, 0.2) is 45.9 Å². The number of hydrogen-bond donors (Lipinski definition) is 2. The molecule has 1 aromatic carbocycles. The minimum atomic E-state index is -3.62. The first-order valence-corrected chi connectivity index (χ1v) is 10.7. The van der Waals surface area contributed by atoms with Gasteiger partial charge in [0.15, 0.2) is 0 Å². The van der Waals surface area contributed by atoms with Crippen LogP contribution in [0, 0.1) is 0 Å². The molecule has 0 saturated carbocycles. The molecular formula is C18H23Cl2N2O6S-. The quantitative estimate of drug-likeness (QED) is 0.464. The van der Waals surface area contributed by atoms with Crippen LogP contribution in [0.4, 0.5) is 0 Å². The molecule has 0 amide bonds. The monoisotopic (exact) mass is 465 g/mol. The maximum Gasteiger partial charge on any atom is 0.243 e. The van der Waals surface area contributed by atoms with E-state index in [2.05, 4.69) is 5.32 Å². The predicted molar refractivity (Wildman–Crippen MR) is 103 cm³/mol. The number of furan rings is 1. The average molecular weight is 466 g/mol. The van der Waals surface area contributed by atoms with Gasteiger partial charge in [-0.25, -0.2) is 8.42 Å². The van der Waals surface area contributed by atoms with Crippen molar-refractivity contribution >= 4 is 21.6 Å². The van der Waals surface area contributed by atoms with Crippen LogP contribution in [0.25, 0.3) is 0 Å². The molecule has 1 aromatic heterocycles. The predicted octanol–water partition coefficient (Wildman–Crippen LogP) is -1.51. The fraction of sp³-hybridized carbons (Fsp3) is 0.444. The maximum absolute atomic E-state index is 12.6. The number of rotatable bonds is 9. The summed E-state index contributed by atoms with van der Waals surface area (Å²) in [7, 11) is -3.62. The van der Waals surface area contributed by atoms with E-state index in [0.29, 0.717) is 45.1 Å². The molecule has 1 fully saturated rings. The van der Waals surface area contributed by atoms with E-state index in [9.17, 15) is 13.5 Å². The Balaban J connectivity index is 0.00000300. The third-order valence-electron chi connectivity index (χ3n) is 4.20. The van der Waals surface area contributed by atoms with Gasteiger partial charge in [0.05, 0.1) is 35.9 Å². The third kappa shape index (κ3) is 6.58. The lowest BCUT2D eigenvalue weighted by molar-refractivity contribution is -0.0000109. The van der Waals surface area contributed by atoms with E-state index in [-0.39, 0.29) is 28.9 Å². The first kappa shape index (κ1) is 23.9. The number of hydrogen-bond acceptors (Lipinski definition) is 7. The van der Waals surface area contributed by atoms with Crippen LogP contribution < -0.4 is 22.5 Å². The van der Waals surface area contributed by atoms with Crippen LogP contribution in [0.1, 0.15) is 5.76 Å². The maximum atomic E-state index is 12.6. The summed E-state index contributed by atoms with van der Waals surface area (Å²) in [4.78, 5) is 0.104. The van der Waals surface area contributed by atoms with Crippen molar-refractivity contribution in [1.82, 2.24) is 9.62 Å². The Hall–Kier alpha value is -1.33. The van der Waals surface area contributed by atoms with Crippen molar-refractivity contribution < 1.29 is 39.8 Å². The zero-order valence-corrected chi connectivity index (χ0v) is 17.9. The van der Waals surface area contributed by atoms with Gasteiger partial charge in [-0.2, -0.15) is 4.31 Å². The van der Waals surface area contributed by atoms with Crippen LogP contribution in [0.2, 0.25) is 5.02 Å². The van der Waals surface area contributed by atoms with Crippen molar-refractivity contribution in [2.45, 2.75) is 17.5 Å². The highest BCUT2D eigenvalue weighted by Crippen LogP contribution is 2.29. The standard InChI is InChI=1S/C18H23ClN2O6S.ClH/c19-17-10-16(28(23,24)21-5-8-25-9-6-21)3-4-18(17)27-13-14(22)11-20-12-15-2-1-7-26-15;/h1-4,7,10,14,20,22H,5-6,8-9,11-13H2;1H/p-1. The molecule has 8 nitrogen and oxygen atoms in total. The SMILES string of the molecule is O=S(=O)(c1ccc(OCC(O)CNCc2ccco2)c(Cl)c1)N1CCOCC1.[Cl-]. The van der Waals surface area contributed by atoms with Gasteiger partial charge in [0.25, 0.3) is 0 Å². The molecule has 0 aliphatic carbocycles. The van der Waals surface area contributed by atoms with E-state index in [4.69, 9.17) is 25.5 Å². The number of sulfonamides is 1. The lowest BCUT2D eigenvalue weighted by Crippen LogP contribution is -3.00. The van der Waals surface area contributed by atoms with Gasteiger partial charge < -0.3 is 36.7 Å². The Kier molecular flexibility index (Phi) is 9.22. The molecule has 0 bridgehead atoms. The van der Waals surface area contributed by atoms with E-state index in [0.717, 1.165) is 5.76 Å². The molecule has 11 heteroatoms. The lowest BCUT2D eigenvalue weighted by atomic mass is 10.3. The van der Waals surface area contributed by atoms with Gasteiger partial charge in [0, 0.05) is 19.6 Å². The summed E-state index contributed by atoms with van der Waals surface area (Å²) in [6.07, 6.45) is 0.823.